The lowest BCUT2D eigenvalue weighted by Crippen LogP contribution is -2.43. The minimum atomic E-state index is -1.08. The summed E-state index contributed by atoms with van der Waals surface area (Å²) >= 11 is 3.53. The Labute approximate surface area is 155 Å². The molecule has 2 atom stereocenters. The fraction of sp³-hybridized carbons (Fsp3) is 0.444. The van der Waals surface area contributed by atoms with E-state index >= 15 is 0 Å². The zero-order valence-corrected chi connectivity index (χ0v) is 16.5. The van der Waals surface area contributed by atoms with Crippen LogP contribution in [0.5, 0.6) is 0 Å². The molecule has 0 saturated carbocycles. The van der Waals surface area contributed by atoms with Crippen molar-refractivity contribution in [2.45, 2.75) is 52.3 Å². The van der Waals surface area contributed by atoms with Crippen LogP contribution >= 0.6 is 15.9 Å². The van der Waals surface area contributed by atoms with Crippen LogP contribution in [-0.4, -0.2) is 33.3 Å². The maximum Gasteiger partial charge on any atom is 0.352 e. The van der Waals surface area contributed by atoms with Crippen LogP contribution in [0.15, 0.2) is 22.7 Å². The number of carbonyl (C=O) groups is 2. The molecule has 25 heavy (non-hydrogen) atoms. The van der Waals surface area contributed by atoms with Crippen molar-refractivity contribution in [1.82, 2.24) is 4.57 Å². The number of esters is 1. The summed E-state index contributed by atoms with van der Waals surface area (Å²) in [6, 6.07) is 3.74. The van der Waals surface area contributed by atoms with Crippen molar-refractivity contribution < 1.29 is 19.4 Å². The van der Waals surface area contributed by atoms with Gasteiger partial charge in [0.2, 0.25) is 0 Å². The first kappa shape index (κ1) is 19.5. The molecule has 7 heteroatoms. The van der Waals surface area contributed by atoms with Crippen molar-refractivity contribution in [1.29, 1.82) is 0 Å². The SMILES string of the molecule is Cc1ccc2cc(C(=O)O)n([C@H](C)[C@@H](N)C(=O)OC(C)(C)C)c2c1Br. The summed E-state index contributed by atoms with van der Waals surface area (Å²) in [7, 11) is 0. The molecule has 6 nitrogen and oxygen atoms in total. The predicted molar refractivity (Wildman–Crippen MR) is 99.9 cm³/mol. The van der Waals surface area contributed by atoms with Gasteiger partial charge < -0.3 is 20.1 Å². The Kier molecular flexibility index (Phi) is 5.30. The zero-order chi connectivity index (χ0) is 19.1. The summed E-state index contributed by atoms with van der Waals surface area (Å²) in [6.07, 6.45) is 0. The molecular weight excluding hydrogens is 388 g/mol. The number of rotatable bonds is 4. The first-order valence-electron chi connectivity index (χ1n) is 7.96. The maximum atomic E-state index is 12.3. The Balaban J connectivity index is 2.58. The van der Waals surface area contributed by atoms with Gasteiger partial charge in [-0.15, -0.1) is 0 Å². The van der Waals surface area contributed by atoms with Crippen molar-refractivity contribution in [3.05, 3.63) is 33.9 Å². The number of hydrogen-bond donors (Lipinski definition) is 2. The van der Waals surface area contributed by atoms with E-state index < -0.39 is 29.6 Å². The first-order valence-corrected chi connectivity index (χ1v) is 8.75. The highest BCUT2D eigenvalue weighted by molar-refractivity contribution is 9.10. The molecule has 0 fully saturated rings. The van der Waals surface area contributed by atoms with Crippen LogP contribution < -0.4 is 5.73 Å². The number of aryl methyl sites for hydroxylation is 1. The Bertz CT molecular complexity index is 836. The van der Waals surface area contributed by atoms with E-state index in [1.165, 1.54) is 0 Å². The van der Waals surface area contributed by atoms with Gasteiger partial charge in [-0.1, -0.05) is 12.1 Å². The van der Waals surface area contributed by atoms with E-state index in [2.05, 4.69) is 15.9 Å². The topological polar surface area (TPSA) is 94.5 Å². The average molecular weight is 411 g/mol. The van der Waals surface area contributed by atoms with Gasteiger partial charge in [0.25, 0.3) is 0 Å². The van der Waals surface area contributed by atoms with Crippen LogP contribution in [0.2, 0.25) is 0 Å². The molecule has 0 saturated heterocycles. The summed E-state index contributed by atoms with van der Waals surface area (Å²) in [5, 5.41) is 10.4. The number of benzene rings is 1. The molecule has 0 spiro atoms. The van der Waals surface area contributed by atoms with Crippen LogP contribution in [0.3, 0.4) is 0 Å². The van der Waals surface area contributed by atoms with E-state index in [0.717, 1.165) is 15.4 Å². The van der Waals surface area contributed by atoms with Crippen LogP contribution in [-0.2, 0) is 9.53 Å². The van der Waals surface area contributed by atoms with Gasteiger partial charge in [-0.3, -0.25) is 4.79 Å². The van der Waals surface area contributed by atoms with Crippen molar-refractivity contribution in [3.8, 4) is 0 Å². The summed E-state index contributed by atoms with van der Waals surface area (Å²) in [5.41, 5.74) is 7.17. The molecule has 0 unspecified atom stereocenters. The van der Waals surface area contributed by atoms with E-state index in [0.29, 0.717) is 5.52 Å². The summed E-state index contributed by atoms with van der Waals surface area (Å²) in [4.78, 5) is 24.1. The van der Waals surface area contributed by atoms with E-state index in [9.17, 15) is 14.7 Å². The Morgan fingerprint density at radius 1 is 1.32 bits per heavy atom. The molecule has 0 aliphatic heterocycles. The molecule has 0 aliphatic carbocycles. The van der Waals surface area contributed by atoms with Crippen LogP contribution in [0.25, 0.3) is 10.9 Å². The molecule has 0 amide bonds. The van der Waals surface area contributed by atoms with Gasteiger partial charge in [-0.25, -0.2) is 4.79 Å². The summed E-state index contributed by atoms with van der Waals surface area (Å²) in [5.74, 6) is -1.65. The Morgan fingerprint density at radius 3 is 2.44 bits per heavy atom. The second-order valence-corrected chi connectivity index (χ2v) is 7.93. The van der Waals surface area contributed by atoms with Crippen LogP contribution in [0.4, 0.5) is 0 Å². The van der Waals surface area contributed by atoms with Gasteiger partial charge in [-0.2, -0.15) is 0 Å². The molecule has 2 rings (SSSR count). The van der Waals surface area contributed by atoms with Crippen LogP contribution in [0, 0.1) is 6.92 Å². The molecule has 0 bridgehead atoms. The number of carboxylic acids is 1. The van der Waals surface area contributed by atoms with Gasteiger partial charge in [0.15, 0.2) is 0 Å². The molecule has 1 heterocycles. The highest BCUT2D eigenvalue weighted by Crippen LogP contribution is 2.33. The number of fused-ring (bicyclic) bond motifs is 1. The lowest BCUT2D eigenvalue weighted by atomic mass is 10.1. The van der Waals surface area contributed by atoms with E-state index in [1.54, 1.807) is 38.3 Å². The monoisotopic (exact) mass is 410 g/mol. The maximum absolute atomic E-state index is 12.3. The predicted octanol–water partition coefficient (Wildman–Crippen LogP) is 3.64. The second kappa shape index (κ2) is 6.80. The molecule has 0 radical (unpaired) electrons. The van der Waals surface area contributed by atoms with Gasteiger partial charge in [-0.05, 0) is 62.2 Å². The normalized spacial score (nSPS) is 14.4. The standard InChI is InChI=1S/C18H23BrN2O4/c1-9-6-7-11-8-12(16(22)23)21(15(11)13(9)19)10(2)14(20)17(24)25-18(3,4)5/h6-8,10,14H,20H2,1-5H3,(H,22,23)/t10-,14-/m1/s1. The summed E-state index contributed by atoms with van der Waals surface area (Å²) in [6.45, 7) is 8.91. The lowest BCUT2D eigenvalue weighted by Gasteiger charge is -2.27. The molecule has 0 aliphatic rings. The number of aromatic carboxylic acids is 1. The van der Waals surface area contributed by atoms with Crippen molar-refractivity contribution >= 4 is 38.8 Å². The number of carbonyl (C=O) groups excluding carboxylic acids is 1. The largest absolute Gasteiger partial charge is 0.477 e. The highest BCUT2D eigenvalue weighted by Gasteiger charge is 2.31. The van der Waals surface area contributed by atoms with Crippen LogP contribution in [0.1, 0.15) is 49.8 Å². The molecule has 2 aromatic rings. The molecule has 3 N–H and O–H groups in total. The third-order valence-electron chi connectivity index (χ3n) is 3.96. The number of nitrogens with zero attached hydrogens (tertiary/aromatic N) is 1. The number of aromatic nitrogens is 1. The smallest absolute Gasteiger partial charge is 0.352 e. The Hall–Kier alpha value is -1.86. The molecule has 1 aromatic carbocycles. The highest BCUT2D eigenvalue weighted by atomic mass is 79.9. The van der Waals surface area contributed by atoms with Gasteiger partial charge in [0.05, 0.1) is 11.6 Å². The minimum Gasteiger partial charge on any atom is -0.477 e. The van der Waals surface area contributed by atoms with E-state index in [1.807, 2.05) is 19.1 Å². The third-order valence-corrected chi connectivity index (χ3v) is 4.96. The second-order valence-electron chi connectivity index (χ2n) is 7.14. The Morgan fingerprint density at radius 2 is 1.92 bits per heavy atom. The number of halogens is 1. The first-order chi connectivity index (χ1) is 11.4. The van der Waals surface area contributed by atoms with E-state index in [-0.39, 0.29) is 5.69 Å². The third kappa shape index (κ3) is 3.88. The summed E-state index contributed by atoms with van der Waals surface area (Å²) < 4.78 is 7.71. The minimum absolute atomic E-state index is 0.0767. The van der Waals surface area contributed by atoms with Gasteiger partial charge in [0.1, 0.15) is 17.3 Å². The van der Waals surface area contributed by atoms with E-state index in [4.69, 9.17) is 10.5 Å². The van der Waals surface area contributed by atoms with Crippen molar-refractivity contribution in [2.75, 3.05) is 0 Å². The number of carboxylic acid groups (broad SMARTS) is 1. The lowest BCUT2D eigenvalue weighted by molar-refractivity contribution is -0.157. The van der Waals surface area contributed by atoms with Gasteiger partial charge >= 0.3 is 11.9 Å². The fourth-order valence-corrected chi connectivity index (χ4v) is 3.25. The fourth-order valence-electron chi connectivity index (χ4n) is 2.69. The molecule has 136 valence electrons. The van der Waals surface area contributed by atoms with Crippen molar-refractivity contribution in [2.24, 2.45) is 5.73 Å². The van der Waals surface area contributed by atoms with Gasteiger partial charge in [0, 0.05) is 9.86 Å². The number of hydrogen-bond acceptors (Lipinski definition) is 4. The quantitative estimate of drug-likeness (QED) is 0.750. The van der Waals surface area contributed by atoms with Crippen molar-refractivity contribution in [3.63, 3.8) is 0 Å². The number of ether oxygens (including phenoxy) is 1. The molecule has 1 aromatic heterocycles. The molecular formula is C18H23BrN2O4. The number of nitrogens with two attached hydrogens (primary N) is 1. The average Bonchev–Trinajstić information content (AvgIpc) is 2.88. The zero-order valence-electron chi connectivity index (χ0n) is 15.0.